The number of sulfonamides is 1. The maximum atomic E-state index is 15.4. The molecule has 2 fully saturated rings. The molecule has 2 atom stereocenters. The van der Waals surface area contributed by atoms with Gasteiger partial charge in [-0.25, -0.2) is 12.8 Å². The SMILES string of the molecule is CC1CCC(c2ccccc2)S(=O)(=O)N1Cc1ccc(C2(COCCO)CCOCC2)cc1F. The molecular formula is C26H34FNO5S. The van der Waals surface area contributed by atoms with Crippen molar-refractivity contribution in [2.75, 3.05) is 33.0 Å². The predicted molar refractivity (Wildman–Crippen MR) is 128 cm³/mol. The van der Waals surface area contributed by atoms with Crippen LogP contribution in [0.4, 0.5) is 4.39 Å². The maximum absolute atomic E-state index is 15.4. The van der Waals surface area contributed by atoms with E-state index < -0.39 is 21.1 Å². The maximum Gasteiger partial charge on any atom is 0.221 e. The van der Waals surface area contributed by atoms with Gasteiger partial charge in [0.1, 0.15) is 11.1 Å². The van der Waals surface area contributed by atoms with E-state index in [0.717, 1.165) is 17.5 Å². The summed E-state index contributed by atoms with van der Waals surface area (Å²) in [6.07, 6.45) is 2.69. The zero-order valence-corrected chi connectivity index (χ0v) is 20.5. The zero-order chi connectivity index (χ0) is 24.2. The number of benzene rings is 2. The molecule has 0 saturated carbocycles. The van der Waals surface area contributed by atoms with Gasteiger partial charge in [-0.1, -0.05) is 42.5 Å². The highest BCUT2D eigenvalue weighted by molar-refractivity contribution is 7.89. The smallest absolute Gasteiger partial charge is 0.221 e. The minimum Gasteiger partial charge on any atom is -0.394 e. The summed E-state index contributed by atoms with van der Waals surface area (Å²) >= 11 is 0. The number of rotatable bonds is 8. The predicted octanol–water partition coefficient (Wildman–Crippen LogP) is 3.94. The van der Waals surface area contributed by atoms with E-state index in [1.807, 2.05) is 43.3 Å². The summed E-state index contributed by atoms with van der Waals surface area (Å²) in [6, 6.07) is 14.2. The van der Waals surface area contributed by atoms with E-state index in [4.69, 9.17) is 14.6 Å². The van der Waals surface area contributed by atoms with Gasteiger partial charge in [-0.05, 0) is 49.8 Å². The Labute approximate surface area is 201 Å². The van der Waals surface area contributed by atoms with E-state index in [0.29, 0.717) is 44.6 Å². The van der Waals surface area contributed by atoms with Gasteiger partial charge in [-0.2, -0.15) is 4.31 Å². The average Bonchev–Trinajstić information content (AvgIpc) is 2.83. The quantitative estimate of drug-likeness (QED) is 0.566. The molecule has 2 aliphatic rings. The van der Waals surface area contributed by atoms with E-state index in [1.54, 1.807) is 6.07 Å². The van der Waals surface area contributed by atoms with Crippen LogP contribution in [0.2, 0.25) is 0 Å². The molecule has 0 radical (unpaired) electrons. The van der Waals surface area contributed by atoms with Gasteiger partial charge < -0.3 is 14.6 Å². The summed E-state index contributed by atoms with van der Waals surface area (Å²) in [5, 5.41) is 8.47. The molecular weight excluding hydrogens is 457 g/mol. The highest BCUT2D eigenvalue weighted by atomic mass is 32.2. The third-order valence-electron chi connectivity index (χ3n) is 7.25. The number of aliphatic hydroxyl groups is 1. The van der Waals surface area contributed by atoms with Gasteiger partial charge in [-0.15, -0.1) is 0 Å². The van der Waals surface area contributed by atoms with Crippen molar-refractivity contribution in [1.29, 1.82) is 0 Å². The van der Waals surface area contributed by atoms with Crippen LogP contribution in [0.1, 0.15) is 54.5 Å². The van der Waals surface area contributed by atoms with E-state index in [2.05, 4.69) is 0 Å². The van der Waals surface area contributed by atoms with E-state index >= 15 is 4.39 Å². The van der Waals surface area contributed by atoms with Crippen molar-refractivity contribution in [3.05, 3.63) is 71.0 Å². The number of ether oxygens (including phenoxy) is 2. The van der Waals surface area contributed by atoms with Crippen molar-refractivity contribution >= 4 is 10.0 Å². The first-order valence-electron chi connectivity index (χ1n) is 12.0. The Bertz CT molecular complexity index is 1060. The molecule has 4 rings (SSSR count). The molecule has 2 saturated heterocycles. The van der Waals surface area contributed by atoms with Crippen molar-refractivity contribution in [2.24, 2.45) is 0 Å². The van der Waals surface area contributed by atoms with Crippen molar-refractivity contribution in [3.63, 3.8) is 0 Å². The van der Waals surface area contributed by atoms with Crippen molar-refractivity contribution in [1.82, 2.24) is 4.31 Å². The summed E-state index contributed by atoms with van der Waals surface area (Å²) in [7, 11) is -3.63. The molecule has 2 aromatic carbocycles. The van der Waals surface area contributed by atoms with Crippen LogP contribution in [0.25, 0.3) is 0 Å². The van der Waals surface area contributed by atoms with Crippen LogP contribution in [-0.4, -0.2) is 56.9 Å². The molecule has 0 amide bonds. The number of hydrogen-bond acceptors (Lipinski definition) is 5. The minimum absolute atomic E-state index is 0.00999. The van der Waals surface area contributed by atoms with Crippen LogP contribution in [0.15, 0.2) is 48.5 Å². The number of halogens is 1. The number of aliphatic hydroxyl groups excluding tert-OH is 1. The van der Waals surface area contributed by atoms with Crippen molar-refractivity contribution in [2.45, 2.75) is 55.9 Å². The molecule has 1 N–H and O–H groups in total. The van der Waals surface area contributed by atoms with Gasteiger partial charge in [0.2, 0.25) is 10.0 Å². The van der Waals surface area contributed by atoms with E-state index in [-0.39, 0.29) is 31.2 Å². The average molecular weight is 492 g/mol. The minimum atomic E-state index is -3.63. The molecule has 2 heterocycles. The Kier molecular flexibility index (Phi) is 8.05. The van der Waals surface area contributed by atoms with Crippen LogP contribution in [0, 0.1) is 5.82 Å². The summed E-state index contributed by atoms with van der Waals surface area (Å²) in [6.45, 7) is 3.58. The van der Waals surface area contributed by atoms with Gasteiger partial charge >= 0.3 is 0 Å². The van der Waals surface area contributed by atoms with Crippen LogP contribution in [0.3, 0.4) is 0 Å². The van der Waals surface area contributed by atoms with E-state index in [9.17, 15) is 8.42 Å². The lowest BCUT2D eigenvalue weighted by molar-refractivity contribution is -0.00711. The molecule has 8 heteroatoms. The molecule has 2 aromatic rings. The summed E-state index contributed by atoms with van der Waals surface area (Å²) in [4.78, 5) is 0. The molecule has 186 valence electrons. The largest absolute Gasteiger partial charge is 0.394 e. The molecule has 0 aliphatic carbocycles. The molecule has 6 nitrogen and oxygen atoms in total. The van der Waals surface area contributed by atoms with Crippen LogP contribution in [0.5, 0.6) is 0 Å². The molecule has 0 aromatic heterocycles. The Balaban J connectivity index is 1.58. The van der Waals surface area contributed by atoms with Crippen LogP contribution < -0.4 is 0 Å². The second-order valence-electron chi connectivity index (χ2n) is 9.39. The van der Waals surface area contributed by atoms with Gasteiger partial charge in [0, 0.05) is 36.8 Å². The summed E-state index contributed by atoms with van der Waals surface area (Å²) in [5.74, 6) is -0.408. The third-order valence-corrected chi connectivity index (χ3v) is 9.62. The Hall–Kier alpha value is -1.84. The van der Waals surface area contributed by atoms with Crippen molar-refractivity contribution < 1.29 is 27.4 Å². The van der Waals surface area contributed by atoms with Crippen molar-refractivity contribution in [3.8, 4) is 0 Å². The van der Waals surface area contributed by atoms with Crippen LogP contribution in [-0.2, 0) is 31.5 Å². The second kappa shape index (κ2) is 10.8. The monoisotopic (exact) mass is 491 g/mol. The number of nitrogens with zero attached hydrogens (tertiary/aromatic N) is 1. The third kappa shape index (κ3) is 5.21. The fraction of sp³-hybridized carbons (Fsp3) is 0.538. The first-order chi connectivity index (χ1) is 16.4. The highest BCUT2D eigenvalue weighted by Gasteiger charge is 2.41. The Morgan fingerprint density at radius 3 is 2.56 bits per heavy atom. The Morgan fingerprint density at radius 2 is 1.88 bits per heavy atom. The molecule has 34 heavy (non-hydrogen) atoms. The highest BCUT2D eigenvalue weighted by Crippen LogP contribution is 2.39. The second-order valence-corrected chi connectivity index (χ2v) is 11.5. The Morgan fingerprint density at radius 1 is 1.15 bits per heavy atom. The lowest BCUT2D eigenvalue weighted by Crippen LogP contribution is -2.45. The van der Waals surface area contributed by atoms with E-state index in [1.165, 1.54) is 10.4 Å². The number of hydrogen-bond donors (Lipinski definition) is 1. The van der Waals surface area contributed by atoms with Gasteiger partial charge in [0.15, 0.2) is 0 Å². The lowest BCUT2D eigenvalue weighted by Gasteiger charge is -2.38. The standard InChI is InChI=1S/C26H34FNO5S/c1-20-7-10-25(21-5-3-2-4-6-21)34(30,31)28(20)18-22-8-9-23(17-24(22)27)26(19-33-16-13-29)11-14-32-15-12-26/h2-6,8-9,17,20,25,29H,7,10-16,18-19H2,1H3. The van der Waals surface area contributed by atoms with Gasteiger partial charge in [0.05, 0.1) is 19.8 Å². The molecule has 0 bridgehead atoms. The molecule has 2 aliphatic heterocycles. The molecule has 2 unspecified atom stereocenters. The van der Waals surface area contributed by atoms with Gasteiger partial charge in [-0.3, -0.25) is 0 Å². The fourth-order valence-electron chi connectivity index (χ4n) is 5.14. The summed E-state index contributed by atoms with van der Waals surface area (Å²) < 4.78 is 55.0. The van der Waals surface area contributed by atoms with Crippen LogP contribution >= 0.6 is 0 Å². The topological polar surface area (TPSA) is 76.1 Å². The first kappa shape index (κ1) is 25.3. The fourth-order valence-corrected chi connectivity index (χ4v) is 7.32. The normalized spacial score (nSPS) is 24.7. The first-order valence-corrected chi connectivity index (χ1v) is 13.5. The summed E-state index contributed by atoms with van der Waals surface area (Å²) in [5.41, 5.74) is 1.59. The van der Waals surface area contributed by atoms with Gasteiger partial charge in [0.25, 0.3) is 0 Å². The molecule has 0 spiro atoms. The zero-order valence-electron chi connectivity index (χ0n) is 19.7. The lowest BCUT2D eigenvalue weighted by atomic mass is 9.74.